The molecule has 0 saturated heterocycles. The van der Waals surface area contributed by atoms with Crippen LogP contribution in [-0.4, -0.2) is 18.6 Å². The maximum Gasteiger partial charge on any atom is 0.513 e. The molecule has 0 heterocycles. The van der Waals surface area contributed by atoms with Crippen molar-refractivity contribution in [2.45, 2.75) is 40.7 Å². The first-order valence-electron chi connectivity index (χ1n) is 10.5. The van der Waals surface area contributed by atoms with Gasteiger partial charge in [0.05, 0.1) is 6.61 Å². The van der Waals surface area contributed by atoms with Gasteiger partial charge in [0.2, 0.25) is 0 Å². The molecule has 6 nitrogen and oxygen atoms in total. The third kappa shape index (κ3) is 6.59. The average Bonchev–Trinajstić information content (AvgIpc) is 2.73. The highest BCUT2D eigenvalue weighted by atomic mass is 31.2. The molecule has 3 rings (SSSR count). The van der Waals surface area contributed by atoms with E-state index in [4.69, 9.17) is 13.8 Å². The minimum Gasteiger partial charge on any atom is -0.464 e. The summed E-state index contributed by atoms with van der Waals surface area (Å²) < 4.78 is 30.9. The fraction of sp³-hybridized carbons (Fsp3) is 0.320. The molecule has 32 heavy (non-hydrogen) atoms. The highest BCUT2D eigenvalue weighted by molar-refractivity contribution is 7.52. The van der Waals surface area contributed by atoms with Crippen LogP contribution in [0.15, 0.2) is 66.7 Å². The molecule has 0 aromatic heterocycles. The lowest BCUT2D eigenvalue weighted by molar-refractivity contribution is -0.148. The van der Waals surface area contributed by atoms with Crippen LogP contribution in [0.4, 0.5) is 0 Å². The lowest BCUT2D eigenvalue weighted by atomic mass is 9.99. The number of nitrogens with one attached hydrogen (secondary N) is 1. The van der Waals surface area contributed by atoms with E-state index >= 15 is 0 Å². The van der Waals surface area contributed by atoms with Crippen LogP contribution in [0.1, 0.15) is 33.3 Å². The molecule has 170 valence electrons. The second-order valence-electron chi connectivity index (χ2n) is 8.99. The van der Waals surface area contributed by atoms with Gasteiger partial charge in [-0.05, 0) is 42.8 Å². The van der Waals surface area contributed by atoms with E-state index in [0.717, 1.165) is 16.3 Å². The number of rotatable bonds is 8. The highest BCUT2D eigenvalue weighted by Crippen LogP contribution is 2.47. The molecule has 0 spiro atoms. The average molecular weight is 455 g/mol. The van der Waals surface area contributed by atoms with Gasteiger partial charge in [-0.3, -0.25) is 4.79 Å². The van der Waals surface area contributed by atoms with Crippen LogP contribution in [0.2, 0.25) is 0 Å². The Morgan fingerprint density at radius 2 is 1.62 bits per heavy atom. The monoisotopic (exact) mass is 455 g/mol. The molecule has 0 radical (unpaired) electrons. The molecular weight excluding hydrogens is 425 g/mol. The van der Waals surface area contributed by atoms with Crippen LogP contribution < -0.4 is 14.1 Å². The number of fused-ring (bicyclic) bond motifs is 1. The van der Waals surface area contributed by atoms with Gasteiger partial charge >= 0.3 is 13.7 Å². The van der Waals surface area contributed by atoms with Crippen molar-refractivity contribution in [2.75, 3.05) is 6.61 Å². The standard InChI is InChI=1S/C25H30NO5P/c1-18-13-15-21(16-14-18)30-32(28,26-19(2)24(27)29-17-25(3,4)5)31-23-12-8-10-20-9-6-7-11-22(20)23/h6-16,19H,17H2,1-5H3,(H,26,28)/t19-,32?/m0/s1. The summed E-state index contributed by atoms with van der Waals surface area (Å²) in [6.45, 7) is 9.66. The van der Waals surface area contributed by atoms with Crippen molar-refractivity contribution in [3.05, 3.63) is 72.3 Å². The fourth-order valence-electron chi connectivity index (χ4n) is 2.92. The molecule has 1 unspecified atom stereocenters. The molecule has 3 aromatic carbocycles. The Hall–Kier alpha value is -2.82. The van der Waals surface area contributed by atoms with Crippen LogP contribution in [0, 0.1) is 12.3 Å². The molecular formula is C25H30NO5P. The third-order valence-electron chi connectivity index (χ3n) is 4.57. The first-order chi connectivity index (χ1) is 15.0. The molecule has 0 aliphatic rings. The molecule has 0 amide bonds. The number of ether oxygens (including phenoxy) is 1. The zero-order valence-electron chi connectivity index (χ0n) is 19.1. The number of esters is 1. The lowest BCUT2D eigenvalue weighted by Crippen LogP contribution is -2.37. The normalized spacial score (nSPS) is 14.4. The van der Waals surface area contributed by atoms with E-state index in [1.165, 1.54) is 0 Å². The molecule has 0 aliphatic heterocycles. The molecule has 0 fully saturated rings. The Labute approximate surface area is 189 Å². The molecule has 2 atom stereocenters. The van der Waals surface area contributed by atoms with E-state index in [9.17, 15) is 9.36 Å². The zero-order valence-corrected chi connectivity index (χ0v) is 20.0. The predicted molar refractivity (Wildman–Crippen MR) is 127 cm³/mol. The zero-order chi connectivity index (χ0) is 23.4. The van der Waals surface area contributed by atoms with E-state index in [2.05, 4.69) is 5.09 Å². The summed E-state index contributed by atoms with van der Waals surface area (Å²) in [5.74, 6) is 0.220. The Morgan fingerprint density at radius 1 is 0.969 bits per heavy atom. The summed E-state index contributed by atoms with van der Waals surface area (Å²) in [7, 11) is -4.01. The van der Waals surface area contributed by atoms with E-state index < -0.39 is 19.8 Å². The molecule has 0 aliphatic carbocycles. The topological polar surface area (TPSA) is 73.9 Å². The molecule has 0 bridgehead atoms. The summed E-state index contributed by atoms with van der Waals surface area (Å²) in [6, 6.07) is 19.3. The quantitative estimate of drug-likeness (QED) is 0.318. The number of hydrogen-bond acceptors (Lipinski definition) is 5. The molecule has 0 saturated carbocycles. The Bertz CT molecular complexity index is 1120. The maximum atomic E-state index is 13.8. The van der Waals surface area contributed by atoms with Crippen molar-refractivity contribution < 1.29 is 23.1 Å². The summed E-state index contributed by atoms with van der Waals surface area (Å²) in [6.07, 6.45) is 0. The number of benzene rings is 3. The van der Waals surface area contributed by atoms with Crippen LogP contribution >= 0.6 is 7.75 Å². The Kier molecular flexibility index (Phi) is 7.27. The van der Waals surface area contributed by atoms with E-state index in [1.807, 2.05) is 76.2 Å². The van der Waals surface area contributed by atoms with Gasteiger partial charge in [-0.15, -0.1) is 0 Å². The summed E-state index contributed by atoms with van der Waals surface area (Å²) in [4.78, 5) is 12.5. The predicted octanol–water partition coefficient (Wildman–Crippen LogP) is 6.28. The van der Waals surface area contributed by atoms with Gasteiger partial charge in [0, 0.05) is 5.39 Å². The lowest BCUT2D eigenvalue weighted by Gasteiger charge is -2.25. The van der Waals surface area contributed by atoms with E-state index in [1.54, 1.807) is 25.1 Å². The summed E-state index contributed by atoms with van der Waals surface area (Å²) >= 11 is 0. The number of carbonyl (C=O) groups is 1. The Balaban J connectivity index is 1.87. The van der Waals surface area contributed by atoms with Gasteiger partial charge in [0.1, 0.15) is 17.5 Å². The van der Waals surface area contributed by atoms with Gasteiger partial charge in [0.15, 0.2) is 0 Å². The molecule has 1 N–H and O–H groups in total. The van der Waals surface area contributed by atoms with E-state index in [-0.39, 0.29) is 12.0 Å². The van der Waals surface area contributed by atoms with E-state index in [0.29, 0.717) is 11.5 Å². The number of hydrogen-bond donors (Lipinski definition) is 1. The second-order valence-corrected chi connectivity index (χ2v) is 10.6. The van der Waals surface area contributed by atoms with Gasteiger partial charge in [-0.25, -0.2) is 4.57 Å². The highest BCUT2D eigenvalue weighted by Gasteiger charge is 2.34. The Morgan fingerprint density at radius 3 is 2.31 bits per heavy atom. The van der Waals surface area contributed by atoms with Crippen molar-refractivity contribution in [2.24, 2.45) is 5.41 Å². The smallest absolute Gasteiger partial charge is 0.464 e. The van der Waals surface area contributed by atoms with Crippen LogP contribution in [-0.2, 0) is 14.1 Å². The largest absolute Gasteiger partial charge is 0.513 e. The first-order valence-corrected chi connectivity index (χ1v) is 12.1. The van der Waals surface area contributed by atoms with Gasteiger partial charge < -0.3 is 13.8 Å². The first kappa shape index (κ1) is 23.8. The van der Waals surface area contributed by atoms with Gasteiger partial charge in [0.25, 0.3) is 0 Å². The van der Waals surface area contributed by atoms with Crippen molar-refractivity contribution in [3.8, 4) is 11.5 Å². The minimum absolute atomic E-state index is 0.184. The number of aryl methyl sites for hydroxylation is 1. The maximum absolute atomic E-state index is 13.8. The second kappa shape index (κ2) is 9.76. The SMILES string of the molecule is Cc1ccc(OP(=O)(N[C@@H](C)C(=O)OCC(C)(C)C)Oc2cccc3ccccc23)cc1. The van der Waals surface area contributed by atoms with Crippen molar-refractivity contribution in [1.82, 2.24) is 5.09 Å². The third-order valence-corrected chi connectivity index (χ3v) is 6.16. The summed E-state index contributed by atoms with van der Waals surface area (Å²) in [5.41, 5.74) is 0.853. The van der Waals surface area contributed by atoms with Crippen molar-refractivity contribution in [1.29, 1.82) is 0 Å². The summed E-state index contributed by atoms with van der Waals surface area (Å²) in [5, 5.41) is 4.46. The van der Waals surface area contributed by atoms with Crippen LogP contribution in [0.3, 0.4) is 0 Å². The van der Waals surface area contributed by atoms with Gasteiger partial charge in [-0.1, -0.05) is 74.9 Å². The van der Waals surface area contributed by atoms with Crippen molar-refractivity contribution in [3.63, 3.8) is 0 Å². The minimum atomic E-state index is -4.01. The van der Waals surface area contributed by atoms with Crippen molar-refractivity contribution >= 4 is 24.5 Å². The van der Waals surface area contributed by atoms with Crippen LogP contribution in [0.25, 0.3) is 10.8 Å². The molecule has 7 heteroatoms. The van der Waals surface area contributed by atoms with Crippen LogP contribution in [0.5, 0.6) is 11.5 Å². The number of carbonyl (C=O) groups excluding carboxylic acids is 1. The fourth-order valence-corrected chi connectivity index (χ4v) is 4.46. The van der Waals surface area contributed by atoms with Gasteiger partial charge in [-0.2, -0.15) is 5.09 Å². The molecule has 3 aromatic rings.